The molecular weight excluding hydrogens is 340 g/mol. The molecule has 2 heterocycles. The third-order valence-corrected chi connectivity index (χ3v) is 5.50. The third kappa shape index (κ3) is 6.42. The predicted molar refractivity (Wildman–Crippen MR) is 74.5 cm³/mol. The molecular formula is C10H20N2O8S2. The molecule has 22 heavy (non-hydrogen) atoms. The van der Waals surface area contributed by atoms with Crippen LogP contribution in [-0.2, 0) is 38.3 Å². The summed E-state index contributed by atoms with van der Waals surface area (Å²) < 4.78 is 66.9. The minimum atomic E-state index is -3.99. The van der Waals surface area contributed by atoms with Crippen LogP contribution in [0.2, 0.25) is 0 Å². The van der Waals surface area contributed by atoms with Crippen LogP contribution in [0.15, 0.2) is 0 Å². The number of ether oxygens (including phenoxy) is 2. The van der Waals surface area contributed by atoms with Crippen molar-refractivity contribution >= 4 is 20.2 Å². The van der Waals surface area contributed by atoms with Crippen molar-refractivity contribution in [1.82, 2.24) is 10.1 Å². The Morgan fingerprint density at radius 3 is 1.32 bits per heavy atom. The average molecular weight is 360 g/mol. The molecule has 0 N–H and O–H groups in total. The molecule has 0 saturated carbocycles. The molecule has 10 nitrogen and oxygen atoms in total. The van der Waals surface area contributed by atoms with Crippen molar-refractivity contribution in [1.29, 1.82) is 0 Å². The van der Waals surface area contributed by atoms with Gasteiger partial charge in [0.1, 0.15) is 0 Å². The number of hydroxylamine groups is 4. The lowest BCUT2D eigenvalue weighted by molar-refractivity contribution is -0.114. The first kappa shape index (κ1) is 18.0. The Bertz CT molecular complexity index is 487. The van der Waals surface area contributed by atoms with E-state index >= 15 is 0 Å². The van der Waals surface area contributed by atoms with Crippen LogP contribution in [0.1, 0.15) is 0 Å². The summed E-state index contributed by atoms with van der Waals surface area (Å²) in [6.45, 7) is 2.74. The Kier molecular flexibility index (Phi) is 6.52. The molecule has 130 valence electrons. The van der Waals surface area contributed by atoms with Gasteiger partial charge in [-0.2, -0.15) is 35.5 Å². The van der Waals surface area contributed by atoms with E-state index in [0.717, 1.165) is 0 Å². The van der Waals surface area contributed by atoms with Crippen molar-refractivity contribution in [3.63, 3.8) is 0 Å². The van der Waals surface area contributed by atoms with E-state index in [1.807, 2.05) is 0 Å². The Hall–Kier alpha value is -0.340. The van der Waals surface area contributed by atoms with E-state index in [1.54, 1.807) is 0 Å². The van der Waals surface area contributed by atoms with E-state index in [2.05, 4.69) is 0 Å². The Morgan fingerprint density at radius 2 is 1.00 bits per heavy atom. The van der Waals surface area contributed by atoms with Gasteiger partial charge in [0.15, 0.2) is 0 Å². The van der Waals surface area contributed by atoms with E-state index in [4.69, 9.17) is 18.0 Å². The highest BCUT2D eigenvalue weighted by Gasteiger charge is 2.26. The van der Waals surface area contributed by atoms with Gasteiger partial charge in [0.2, 0.25) is 0 Å². The van der Waals surface area contributed by atoms with Crippen LogP contribution in [0.3, 0.4) is 0 Å². The first-order chi connectivity index (χ1) is 10.4. The first-order valence-corrected chi connectivity index (χ1v) is 10.0. The number of rotatable bonds is 7. The summed E-state index contributed by atoms with van der Waals surface area (Å²) in [4.78, 5) is 0. The summed E-state index contributed by atoms with van der Waals surface area (Å²) in [5, 5.41) is 2.49. The van der Waals surface area contributed by atoms with Crippen LogP contribution in [0.4, 0.5) is 0 Å². The summed E-state index contributed by atoms with van der Waals surface area (Å²) >= 11 is 0. The molecule has 0 bridgehead atoms. The molecule has 2 aliphatic rings. The monoisotopic (exact) mass is 360 g/mol. The molecule has 0 amide bonds. The van der Waals surface area contributed by atoms with E-state index in [9.17, 15) is 16.8 Å². The molecule has 12 heteroatoms. The Labute approximate surface area is 130 Å². The first-order valence-electron chi connectivity index (χ1n) is 6.86. The second-order valence-electron chi connectivity index (χ2n) is 4.76. The van der Waals surface area contributed by atoms with Gasteiger partial charge in [-0.1, -0.05) is 0 Å². The lowest BCUT2D eigenvalue weighted by atomic mass is 10.5. The minimum absolute atomic E-state index is 0.316. The van der Waals surface area contributed by atoms with Gasteiger partial charge in [-0.3, -0.25) is 0 Å². The zero-order valence-electron chi connectivity index (χ0n) is 12.0. The SMILES string of the molecule is O=S(=O)(CCS(=O)(=O)ON1CCOCC1)ON1CCOCC1. The summed E-state index contributed by atoms with van der Waals surface area (Å²) in [5.41, 5.74) is 0. The fourth-order valence-electron chi connectivity index (χ4n) is 1.84. The molecule has 0 aromatic carbocycles. The summed E-state index contributed by atoms with van der Waals surface area (Å²) in [6.07, 6.45) is 0. The second kappa shape index (κ2) is 7.97. The molecule has 0 aromatic rings. The van der Waals surface area contributed by atoms with Crippen molar-refractivity contribution in [3.05, 3.63) is 0 Å². The van der Waals surface area contributed by atoms with Crippen LogP contribution in [0.5, 0.6) is 0 Å². The van der Waals surface area contributed by atoms with E-state index in [0.29, 0.717) is 52.6 Å². The van der Waals surface area contributed by atoms with Gasteiger partial charge < -0.3 is 9.47 Å². The van der Waals surface area contributed by atoms with Gasteiger partial charge in [-0.05, 0) is 0 Å². The van der Waals surface area contributed by atoms with Gasteiger partial charge in [-0.25, -0.2) is 0 Å². The van der Waals surface area contributed by atoms with Crippen LogP contribution < -0.4 is 0 Å². The van der Waals surface area contributed by atoms with Gasteiger partial charge in [0.05, 0.1) is 37.9 Å². The summed E-state index contributed by atoms with van der Waals surface area (Å²) in [6, 6.07) is 0. The van der Waals surface area contributed by atoms with E-state index < -0.39 is 31.7 Å². The summed E-state index contributed by atoms with van der Waals surface area (Å²) in [5.74, 6) is -1.34. The molecule has 2 saturated heterocycles. The van der Waals surface area contributed by atoms with Gasteiger partial charge >= 0.3 is 0 Å². The van der Waals surface area contributed by atoms with Crippen LogP contribution >= 0.6 is 0 Å². The van der Waals surface area contributed by atoms with E-state index in [1.165, 1.54) is 10.1 Å². The molecule has 0 aromatic heterocycles. The topological polar surface area (TPSA) is 112 Å². The fourth-order valence-corrected chi connectivity index (χ4v) is 4.56. The lowest BCUT2D eigenvalue weighted by Crippen LogP contribution is -2.40. The molecule has 2 aliphatic heterocycles. The van der Waals surface area contributed by atoms with Crippen molar-refractivity contribution in [2.45, 2.75) is 0 Å². The highest BCUT2D eigenvalue weighted by molar-refractivity contribution is 7.90. The Balaban J connectivity index is 1.78. The van der Waals surface area contributed by atoms with Crippen LogP contribution in [-0.4, -0.2) is 91.1 Å². The van der Waals surface area contributed by atoms with Crippen molar-refractivity contribution in [3.8, 4) is 0 Å². The maximum absolute atomic E-state index is 11.8. The van der Waals surface area contributed by atoms with Crippen molar-refractivity contribution < 1.29 is 34.9 Å². The van der Waals surface area contributed by atoms with Crippen LogP contribution in [0, 0.1) is 0 Å². The number of nitrogens with zero attached hydrogens (tertiary/aromatic N) is 2. The third-order valence-electron chi connectivity index (χ3n) is 2.96. The molecule has 0 unspecified atom stereocenters. The standard InChI is InChI=1S/C10H20N2O8S2/c13-21(14,19-11-1-5-17-6-2-11)9-10-22(15,16)20-12-3-7-18-8-4-12/h1-10H2. The number of hydrogen-bond acceptors (Lipinski definition) is 10. The molecule has 2 rings (SSSR count). The van der Waals surface area contributed by atoms with Crippen molar-refractivity contribution in [2.24, 2.45) is 0 Å². The quantitative estimate of drug-likeness (QED) is 0.514. The normalized spacial score (nSPS) is 22.7. The van der Waals surface area contributed by atoms with Gasteiger partial charge in [0, 0.05) is 26.2 Å². The Morgan fingerprint density at radius 1 is 0.682 bits per heavy atom. The van der Waals surface area contributed by atoms with E-state index in [-0.39, 0.29) is 0 Å². The fraction of sp³-hybridized carbons (Fsp3) is 1.00. The van der Waals surface area contributed by atoms with Gasteiger partial charge in [0.25, 0.3) is 20.2 Å². The minimum Gasteiger partial charge on any atom is -0.379 e. The number of hydrogen-bond donors (Lipinski definition) is 0. The number of morpholine rings is 2. The summed E-state index contributed by atoms with van der Waals surface area (Å²) in [7, 11) is -7.97. The lowest BCUT2D eigenvalue weighted by Gasteiger charge is -2.25. The highest BCUT2D eigenvalue weighted by Crippen LogP contribution is 2.07. The maximum atomic E-state index is 11.8. The zero-order valence-corrected chi connectivity index (χ0v) is 13.7. The molecule has 0 spiro atoms. The molecule has 2 fully saturated rings. The van der Waals surface area contributed by atoms with Gasteiger partial charge in [-0.15, -0.1) is 0 Å². The second-order valence-corrected chi connectivity index (χ2v) is 8.10. The molecule has 0 radical (unpaired) electrons. The van der Waals surface area contributed by atoms with Crippen molar-refractivity contribution in [2.75, 3.05) is 64.1 Å². The molecule has 0 aliphatic carbocycles. The average Bonchev–Trinajstić information content (AvgIpc) is 2.47. The zero-order chi connectivity index (χ0) is 16.1. The largest absolute Gasteiger partial charge is 0.379 e. The molecule has 0 atom stereocenters. The smallest absolute Gasteiger partial charge is 0.284 e. The predicted octanol–water partition coefficient (Wildman–Crippen LogP) is -1.83. The highest BCUT2D eigenvalue weighted by atomic mass is 32.2. The van der Waals surface area contributed by atoms with Crippen LogP contribution in [0.25, 0.3) is 0 Å². The maximum Gasteiger partial charge on any atom is 0.284 e.